The summed E-state index contributed by atoms with van der Waals surface area (Å²) >= 11 is 0. The molecule has 2 aliphatic rings. The zero-order chi connectivity index (χ0) is 20.4. The Bertz CT molecular complexity index is 831. The predicted octanol–water partition coefficient (Wildman–Crippen LogP) is 4.32. The molecule has 2 atom stereocenters. The Labute approximate surface area is 174 Å². The highest BCUT2D eigenvalue weighted by Crippen LogP contribution is 2.46. The third kappa shape index (κ3) is 5.20. The molecule has 5 nitrogen and oxygen atoms in total. The number of amides is 1. The molecule has 29 heavy (non-hydrogen) atoms. The van der Waals surface area contributed by atoms with Gasteiger partial charge < -0.3 is 10.2 Å². The van der Waals surface area contributed by atoms with Gasteiger partial charge in [0.05, 0.1) is 0 Å². The van der Waals surface area contributed by atoms with Gasteiger partial charge in [0.1, 0.15) is 0 Å². The molecule has 2 unspecified atom stereocenters. The highest BCUT2D eigenvalue weighted by Gasteiger charge is 2.40. The van der Waals surface area contributed by atoms with Crippen LogP contribution in [0.15, 0.2) is 54.6 Å². The van der Waals surface area contributed by atoms with Crippen molar-refractivity contribution >= 4 is 16.5 Å². The van der Waals surface area contributed by atoms with E-state index in [0.717, 1.165) is 30.4 Å². The van der Waals surface area contributed by atoms with E-state index in [4.69, 9.17) is 0 Å². The van der Waals surface area contributed by atoms with Gasteiger partial charge >= 0.3 is 0 Å². The molecule has 0 bridgehead atoms. The molecule has 3 N–H and O–H groups in total. The molecular formula is C23H30N2O3S. The SMILES string of the molecule is CN(Cc1ccccc1)C(=O)c1ccc(C2CC2NC2CCS(O)(O)CC2)cc1. The molecule has 0 spiro atoms. The van der Waals surface area contributed by atoms with E-state index >= 15 is 0 Å². The lowest BCUT2D eigenvalue weighted by Crippen LogP contribution is -2.37. The van der Waals surface area contributed by atoms with Crippen molar-refractivity contribution in [3.8, 4) is 0 Å². The zero-order valence-corrected chi connectivity index (χ0v) is 17.6. The Kier molecular flexibility index (Phi) is 5.97. The van der Waals surface area contributed by atoms with E-state index in [9.17, 15) is 13.9 Å². The summed E-state index contributed by atoms with van der Waals surface area (Å²) in [6.45, 7) is 0.599. The van der Waals surface area contributed by atoms with Crippen LogP contribution in [0, 0.1) is 0 Å². The van der Waals surface area contributed by atoms with Crippen LogP contribution in [-0.4, -0.2) is 50.5 Å². The highest BCUT2D eigenvalue weighted by atomic mass is 32.3. The molecule has 156 valence electrons. The number of carbonyl (C=O) groups is 1. The van der Waals surface area contributed by atoms with Gasteiger partial charge in [0.2, 0.25) is 0 Å². The van der Waals surface area contributed by atoms with E-state index in [-0.39, 0.29) is 5.91 Å². The topological polar surface area (TPSA) is 72.8 Å². The summed E-state index contributed by atoms with van der Waals surface area (Å²) in [7, 11) is -0.476. The zero-order valence-electron chi connectivity index (χ0n) is 16.8. The van der Waals surface area contributed by atoms with Gasteiger partial charge in [-0.3, -0.25) is 13.9 Å². The van der Waals surface area contributed by atoms with Crippen molar-refractivity contribution in [3.05, 3.63) is 71.3 Å². The standard InChI is InChI=1S/C23H30N2O3S/c1-25(16-17-5-3-2-4-6-17)23(26)19-9-7-18(8-10-19)21-15-22(21)24-20-11-13-29(27,28)14-12-20/h2-10,20-22,24,27-28H,11-16H2,1H3. The van der Waals surface area contributed by atoms with E-state index in [1.54, 1.807) is 4.90 Å². The fraction of sp³-hybridized carbons (Fsp3) is 0.435. The van der Waals surface area contributed by atoms with Crippen LogP contribution in [0.3, 0.4) is 0 Å². The number of benzene rings is 2. The van der Waals surface area contributed by atoms with Gasteiger partial charge in [0, 0.05) is 48.7 Å². The molecule has 0 aromatic heterocycles. The first kappa shape index (κ1) is 20.4. The number of nitrogens with one attached hydrogen (secondary N) is 1. The number of nitrogens with zero attached hydrogens (tertiary/aromatic N) is 1. The molecule has 1 amide bonds. The second-order valence-electron chi connectivity index (χ2n) is 8.37. The summed E-state index contributed by atoms with van der Waals surface area (Å²) in [6.07, 6.45) is 2.79. The van der Waals surface area contributed by atoms with Gasteiger partial charge in [0.15, 0.2) is 0 Å². The minimum atomic E-state index is -2.31. The third-order valence-corrected chi connectivity index (χ3v) is 7.80. The largest absolute Gasteiger partial charge is 0.337 e. The normalized spacial score (nSPS) is 24.7. The minimum absolute atomic E-state index is 0.0343. The summed E-state index contributed by atoms with van der Waals surface area (Å²) in [5, 5.41) is 3.68. The smallest absolute Gasteiger partial charge is 0.253 e. The monoisotopic (exact) mass is 414 g/mol. The van der Waals surface area contributed by atoms with E-state index in [0.29, 0.717) is 36.1 Å². The van der Waals surface area contributed by atoms with E-state index in [1.807, 2.05) is 49.5 Å². The second-order valence-corrected chi connectivity index (χ2v) is 10.8. The fourth-order valence-electron chi connectivity index (χ4n) is 4.15. The van der Waals surface area contributed by atoms with Crippen LogP contribution in [0.25, 0.3) is 0 Å². The van der Waals surface area contributed by atoms with Crippen LogP contribution < -0.4 is 5.32 Å². The van der Waals surface area contributed by atoms with Gasteiger partial charge in [0.25, 0.3) is 5.91 Å². The van der Waals surface area contributed by atoms with Crippen molar-refractivity contribution in [2.75, 3.05) is 18.6 Å². The second kappa shape index (κ2) is 8.48. The molecule has 6 heteroatoms. The molecule has 2 aromatic carbocycles. The van der Waals surface area contributed by atoms with Crippen molar-refractivity contribution in [3.63, 3.8) is 0 Å². The molecule has 1 heterocycles. The Hall–Kier alpha value is -1.86. The van der Waals surface area contributed by atoms with E-state index in [1.165, 1.54) is 5.56 Å². The lowest BCUT2D eigenvalue weighted by Gasteiger charge is -2.39. The van der Waals surface area contributed by atoms with Crippen molar-refractivity contribution in [1.29, 1.82) is 0 Å². The van der Waals surface area contributed by atoms with Gasteiger partial charge in [-0.25, -0.2) is 0 Å². The number of hydrogen-bond donors (Lipinski definition) is 3. The van der Waals surface area contributed by atoms with E-state index in [2.05, 4.69) is 17.4 Å². The Balaban J connectivity index is 1.29. The first-order chi connectivity index (χ1) is 13.9. The molecule has 1 aliphatic carbocycles. The summed E-state index contributed by atoms with van der Waals surface area (Å²) in [5.41, 5.74) is 3.11. The molecule has 1 aliphatic heterocycles. The minimum Gasteiger partial charge on any atom is -0.337 e. The maximum Gasteiger partial charge on any atom is 0.253 e. The summed E-state index contributed by atoms with van der Waals surface area (Å²) in [5.74, 6) is 1.57. The van der Waals surface area contributed by atoms with E-state index < -0.39 is 10.6 Å². The van der Waals surface area contributed by atoms with Crippen molar-refractivity contribution < 1.29 is 13.9 Å². The van der Waals surface area contributed by atoms with Crippen LogP contribution in [0.4, 0.5) is 0 Å². The van der Waals surface area contributed by atoms with Crippen molar-refractivity contribution in [1.82, 2.24) is 10.2 Å². The van der Waals surface area contributed by atoms with Crippen LogP contribution >= 0.6 is 10.6 Å². The van der Waals surface area contributed by atoms with Crippen molar-refractivity contribution in [2.45, 2.75) is 43.8 Å². The number of carbonyl (C=O) groups excluding carboxylic acids is 1. The maximum atomic E-state index is 12.7. The average molecular weight is 415 g/mol. The fourth-order valence-corrected chi connectivity index (χ4v) is 5.68. The summed E-state index contributed by atoms with van der Waals surface area (Å²) in [4.78, 5) is 14.4. The molecule has 4 rings (SSSR count). The van der Waals surface area contributed by atoms with Crippen LogP contribution in [0.5, 0.6) is 0 Å². The first-order valence-electron chi connectivity index (χ1n) is 10.3. The predicted molar refractivity (Wildman–Crippen MR) is 119 cm³/mol. The first-order valence-corrected chi connectivity index (χ1v) is 12.2. The quantitative estimate of drug-likeness (QED) is 0.658. The summed E-state index contributed by atoms with van der Waals surface area (Å²) < 4.78 is 19.5. The Morgan fingerprint density at radius 1 is 1.07 bits per heavy atom. The number of rotatable bonds is 6. The van der Waals surface area contributed by atoms with Crippen molar-refractivity contribution in [2.24, 2.45) is 0 Å². The van der Waals surface area contributed by atoms with Gasteiger partial charge in [-0.15, -0.1) is 0 Å². The molecule has 1 saturated carbocycles. The molecule has 2 aromatic rings. The molecule has 2 fully saturated rings. The lowest BCUT2D eigenvalue weighted by atomic mass is 10.1. The Morgan fingerprint density at radius 2 is 1.72 bits per heavy atom. The average Bonchev–Trinajstić information content (AvgIpc) is 3.49. The van der Waals surface area contributed by atoms with Crippen LogP contribution in [0.1, 0.15) is 46.7 Å². The third-order valence-electron chi connectivity index (χ3n) is 6.02. The molecule has 1 saturated heterocycles. The molecular weight excluding hydrogens is 384 g/mol. The van der Waals surface area contributed by atoms with Gasteiger partial charge in [-0.05, 0) is 42.5 Å². The molecule has 0 radical (unpaired) electrons. The highest BCUT2D eigenvalue weighted by molar-refractivity contribution is 8.24. The Morgan fingerprint density at radius 3 is 2.38 bits per heavy atom. The lowest BCUT2D eigenvalue weighted by molar-refractivity contribution is 0.0785. The summed E-state index contributed by atoms with van der Waals surface area (Å²) in [6, 6.07) is 18.9. The maximum absolute atomic E-state index is 12.7. The number of hydrogen-bond acceptors (Lipinski definition) is 4. The van der Waals surface area contributed by atoms with Crippen LogP contribution in [-0.2, 0) is 6.54 Å². The van der Waals surface area contributed by atoms with Crippen LogP contribution in [0.2, 0.25) is 0 Å². The van der Waals surface area contributed by atoms with Gasteiger partial charge in [-0.2, -0.15) is 10.6 Å². The van der Waals surface area contributed by atoms with Gasteiger partial charge in [-0.1, -0.05) is 42.5 Å².